The van der Waals surface area contributed by atoms with Gasteiger partial charge in [0, 0.05) is 22.8 Å². The Morgan fingerprint density at radius 1 is 1.08 bits per heavy atom. The van der Waals surface area contributed by atoms with Crippen LogP contribution in [0.4, 0.5) is 17.2 Å². The zero-order valence-corrected chi connectivity index (χ0v) is 14.4. The number of aromatic nitrogens is 2. The molecule has 0 atom stereocenters. The first-order valence-corrected chi connectivity index (χ1v) is 8.69. The van der Waals surface area contributed by atoms with E-state index in [0.29, 0.717) is 16.5 Å². The maximum Gasteiger partial charge on any atom is 0.261 e. The minimum absolute atomic E-state index is 0.118. The lowest BCUT2D eigenvalue weighted by molar-refractivity contribution is 1.09. The lowest BCUT2D eigenvalue weighted by Crippen LogP contribution is -2.14. The molecule has 0 aliphatic rings. The number of hydrogen-bond donors (Lipinski definition) is 2. The van der Waals surface area contributed by atoms with Crippen LogP contribution in [0.1, 0.15) is 5.56 Å². The maximum atomic E-state index is 12.6. The second kappa shape index (κ2) is 6.07. The number of aryl methyl sites for hydroxylation is 1. The van der Waals surface area contributed by atoms with Crippen LogP contribution in [0.3, 0.4) is 0 Å². The first-order chi connectivity index (χ1) is 12.1. The van der Waals surface area contributed by atoms with E-state index in [0.717, 1.165) is 16.9 Å². The van der Waals surface area contributed by atoms with Crippen LogP contribution >= 0.6 is 11.3 Å². The molecule has 0 aliphatic heterocycles. The molecule has 0 aliphatic carbocycles. The Balaban J connectivity index is 1.75. The van der Waals surface area contributed by atoms with Gasteiger partial charge in [-0.15, -0.1) is 11.3 Å². The van der Waals surface area contributed by atoms with Crippen molar-refractivity contribution in [1.82, 2.24) is 9.38 Å². The summed E-state index contributed by atoms with van der Waals surface area (Å²) in [5, 5.41) is 5.12. The van der Waals surface area contributed by atoms with E-state index in [-0.39, 0.29) is 5.56 Å². The molecule has 0 spiro atoms. The molecule has 0 amide bonds. The molecule has 2 heterocycles. The van der Waals surface area contributed by atoms with Crippen LogP contribution in [-0.2, 0) is 0 Å². The summed E-state index contributed by atoms with van der Waals surface area (Å²) < 4.78 is 1.62. The Morgan fingerprint density at radius 3 is 2.52 bits per heavy atom. The molecule has 0 saturated carbocycles. The Bertz CT molecular complexity index is 1100. The van der Waals surface area contributed by atoms with Gasteiger partial charge in [0.2, 0.25) is 0 Å². The Labute approximate surface area is 148 Å². The molecule has 124 valence electrons. The lowest BCUT2D eigenvalue weighted by atomic mass is 10.1. The van der Waals surface area contributed by atoms with Crippen molar-refractivity contribution in [3.05, 3.63) is 75.9 Å². The smallest absolute Gasteiger partial charge is 0.261 e. The molecule has 25 heavy (non-hydrogen) atoms. The summed E-state index contributed by atoms with van der Waals surface area (Å²) in [7, 11) is 0. The molecule has 0 fully saturated rings. The number of nitrogens with two attached hydrogens (primary N) is 1. The summed E-state index contributed by atoms with van der Waals surface area (Å²) in [4.78, 5) is 17.8. The van der Waals surface area contributed by atoms with Crippen molar-refractivity contribution in [1.29, 1.82) is 0 Å². The minimum atomic E-state index is -0.118. The SMILES string of the molecule is Cc1ccc(Nc2cc(=O)n3c(-c4ccc(N)cc4)csc3n2)cc1. The third-order valence-electron chi connectivity index (χ3n) is 3.94. The van der Waals surface area contributed by atoms with Gasteiger partial charge in [-0.3, -0.25) is 9.20 Å². The van der Waals surface area contributed by atoms with Gasteiger partial charge < -0.3 is 11.1 Å². The molecule has 6 heteroatoms. The number of thiazole rings is 1. The van der Waals surface area contributed by atoms with Crippen LogP contribution in [0.2, 0.25) is 0 Å². The maximum absolute atomic E-state index is 12.6. The van der Waals surface area contributed by atoms with Gasteiger partial charge in [0.25, 0.3) is 5.56 Å². The van der Waals surface area contributed by atoms with Gasteiger partial charge in [0.15, 0.2) is 4.96 Å². The van der Waals surface area contributed by atoms with Crippen LogP contribution in [0.25, 0.3) is 16.2 Å². The number of benzene rings is 2. The number of nitrogens with one attached hydrogen (secondary N) is 1. The molecular weight excluding hydrogens is 332 g/mol. The van der Waals surface area contributed by atoms with Gasteiger partial charge in [0.05, 0.1) is 5.69 Å². The molecule has 0 saturated heterocycles. The number of anilines is 3. The highest BCUT2D eigenvalue weighted by atomic mass is 32.1. The minimum Gasteiger partial charge on any atom is -0.399 e. The van der Waals surface area contributed by atoms with Crippen molar-refractivity contribution < 1.29 is 0 Å². The van der Waals surface area contributed by atoms with E-state index >= 15 is 0 Å². The van der Waals surface area contributed by atoms with Gasteiger partial charge in [-0.1, -0.05) is 29.8 Å². The van der Waals surface area contributed by atoms with Crippen LogP contribution in [-0.4, -0.2) is 9.38 Å². The van der Waals surface area contributed by atoms with Gasteiger partial charge in [-0.2, -0.15) is 0 Å². The van der Waals surface area contributed by atoms with Crippen molar-refractivity contribution in [2.24, 2.45) is 0 Å². The highest BCUT2D eigenvalue weighted by molar-refractivity contribution is 7.15. The summed E-state index contributed by atoms with van der Waals surface area (Å²) in [5.41, 5.74) is 10.1. The Kier molecular flexibility index (Phi) is 3.74. The molecule has 0 radical (unpaired) electrons. The van der Waals surface area contributed by atoms with Crippen molar-refractivity contribution >= 4 is 33.5 Å². The summed E-state index contributed by atoms with van der Waals surface area (Å²) >= 11 is 1.43. The average molecular weight is 348 g/mol. The van der Waals surface area contributed by atoms with E-state index < -0.39 is 0 Å². The second-order valence-electron chi connectivity index (χ2n) is 5.83. The number of hydrogen-bond acceptors (Lipinski definition) is 5. The van der Waals surface area contributed by atoms with Gasteiger partial charge in [0.1, 0.15) is 5.82 Å². The molecule has 2 aromatic carbocycles. The zero-order chi connectivity index (χ0) is 17.4. The van der Waals surface area contributed by atoms with Crippen LogP contribution < -0.4 is 16.6 Å². The molecule has 4 rings (SSSR count). The van der Waals surface area contributed by atoms with Gasteiger partial charge in [-0.05, 0) is 36.8 Å². The van der Waals surface area contributed by atoms with Crippen molar-refractivity contribution in [2.75, 3.05) is 11.1 Å². The molecule has 2 aromatic heterocycles. The molecule has 4 aromatic rings. The van der Waals surface area contributed by atoms with Gasteiger partial charge in [-0.25, -0.2) is 4.98 Å². The predicted octanol–water partition coefficient (Wildman–Crippen LogP) is 4.06. The van der Waals surface area contributed by atoms with Crippen molar-refractivity contribution in [3.8, 4) is 11.3 Å². The van der Waals surface area contributed by atoms with Crippen LogP contribution in [0, 0.1) is 6.92 Å². The van der Waals surface area contributed by atoms with Crippen LogP contribution in [0.5, 0.6) is 0 Å². The van der Waals surface area contributed by atoms with E-state index in [2.05, 4.69) is 10.3 Å². The molecule has 0 unspecified atom stereocenters. The monoisotopic (exact) mass is 348 g/mol. The number of fused-ring (bicyclic) bond motifs is 1. The van der Waals surface area contributed by atoms with Gasteiger partial charge >= 0.3 is 0 Å². The van der Waals surface area contributed by atoms with E-state index in [1.807, 2.05) is 60.8 Å². The quantitative estimate of drug-likeness (QED) is 0.548. The summed E-state index contributed by atoms with van der Waals surface area (Å²) in [6, 6.07) is 16.9. The third-order valence-corrected chi connectivity index (χ3v) is 4.76. The average Bonchev–Trinajstić information content (AvgIpc) is 3.02. The molecule has 0 bridgehead atoms. The Morgan fingerprint density at radius 2 is 1.80 bits per heavy atom. The fraction of sp³-hybridized carbons (Fsp3) is 0.0526. The van der Waals surface area contributed by atoms with Crippen molar-refractivity contribution in [2.45, 2.75) is 6.92 Å². The van der Waals surface area contributed by atoms with Crippen LogP contribution in [0.15, 0.2) is 64.8 Å². The number of nitrogen functional groups attached to an aromatic ring is 1. The predicted molar refractivity (Wildman–Crippen MR) is 104 cm³/mol. The fourth-order valence-corrected chi connectivity index (χ4v) is 3.53. The second-order valence-corrected chi connectivity index (χ2v) is 6.67. The molecule has 5 nitrogen and oxygen atoms in total. The highest BCUT2D eigenvalue weighted by Crippen LogP contribution is 2.26. The lowest BCUT2D eigenvalue weighted by Gasteiger charge is -2.07. The standard InChI is InChI=1S/C19H16N4OS/c1-12-2-8-15(9-3-12)21-17-10-18(24)23-16(11-25-19(23)22-17)13-4-6-14(20)7-5-13/h2-11,21H,20H2,1H3. The third kappa shape index (κ3) is 2.99. The first-order valence-electron chi connectivity index (χ1n) is 7.81. The fourth-order valence-electron chi connectivity index (χ4n) is 2.62. The molecular formula is C19H16N4OS. The van der Waals surface area contributed by atoms with E-state index in [4.69, 9.17) is 5.73 Å². The number of rotatable bonds is 3. The van der Waals surface area contributed by atoms with E-state index in [9.17, 15) is 4.79 Å². The van der Waals surface area contributed by atoms with E-state index in [1.54, 1.807) is 4.40 Å². The largest absolute Gasteiger partial charge is 0.399 e. The normalized spacial score (nSPS) is 10.9. The van der Waals surface area contributed by atoms with Crippen molar-refractivity contribution in [3.63, 3.8) is 0 Å². The first kappa shape index (κ1) is 15.4. The number of nitrogens with zero attached hydrogens (tertiary/aromatic N) is 2. The highest BCUT2D eigenvalue weighted by Gasteiger charge is 2.11. The van der Waals surface area contributed by atoms with E-state index in [1.165, 1.54) is 23.0 Å². The summed E-state index contributed by atoms with van der Waals surface area (Å²) in [6.07, 6.45) is 0. The Hall–Kier alpha value is -3.12. The summed E-state index contributed by atoms with van der Waals surface area (Å²) in [6.45, 7) is 2.03. The molecule has 3 N–H and O–H groups in total. The zero-order valence-electron chi connectivity index (χ0n) is 13.6. The summed E-state index contributed by atoms with van der Waals surface area (Å²) in [5.74, 6) is 0.541. The topological polar surface area (TPSA) is 72.4 Å².